The Morgan fingerprint density at radius 1 is 1.23 bits per heavy atom. The van der Waals surface area contributed by atoms with Crippen LogP contribution >= 0.6 is 34.2 Å². The average Bonchev–Trinajstić information content (AvgIpc) is 2.60. The molecule has 0 radical (unpaired) electrons. The van der Waals surface area contributed by atoms with E-state index < -0.39 is 17.4 Å². The molecule has 0 aliphatic heterocycles. The van der Waals surface area contributed by atoms with Crippen LogP contribution in [0.4, 0.5) is 0 Å². The largest absolute Gasteiger partial charge is 0.275 e. The molecule has 0 aliphatic carbocycles. The van der Waals surface area contributed by atoms with E-state index in [0.717, 1.165) is 8.47 Å². The molecule has 0 fully saturated rings. The quantitative estimate of drug-likeness (QED) is 0.255. The molecule has 0 aliphatic rings. The summed E-state index contributed by atoms with van der Waals surface area (Å²) in [7, 11) is 0. The molecule has 1 atom stereocenters. The number of amides is 2. The topological polar surface area (TPSA) is 86.1 Å². The van der Waals surface area contributed by atoms with Crippen LogP contribution in [0.1, 0.15) is 29.8 Å². The maximum absolute atomic E-state index is 13.2. The Balaban J connectivity index is 2.62. The predicted octanol–water partition coefficient (Wildman–Crippen LogP) is 5.16. The molecule has 0 bridgehead atoms. The lowest BCUT2D eigenvalue weighted by Crippen LogP contribution is -2.52. The summed E-state index contributed by atoms with van der Waals surface area (Å²) in [5, 5.41) is 4.17. The SMILES string of the molecule is CC(=O)N(C(=O)c1ccccc1I)[C@@](C)(CN=[N+]=[N-])c1ccc(Cl)cc1. The Bertz CT molecular complexity index is 881. The number of hydrogen-bond donors (Lipinski definition) is 0. The van der Waals surface area contributed by atoms with Gasteiger partial charge in [-0.2, -0.15) is 0 Å². The summed E-state index contributed by atoms with van der Waals surface area (Å²) in [5.74, 6) is -0.895. The molecule has 0 spiro atoms. The molecular formula is C18H16ClIN4O2. The number of hydrogen-bond acceptors (Lipinski definition) is 3. The van der Waals surface area contributed by atoms with Crippen molar-refractivity contribution in [3.05, 3.63) is 78.7 Å². The second-order valence-corrected chi connectivity index (χ2v) is 7.41. The van der Waals surface area contributed by atoms with Crippen LogP contribution in [0.3, 0.4) is 0 Å². The van der Waals surface area contributed by atoms with E-state index >= 15 is 0 Å². The van der Waals surface area contributed by atoms with Crippen molar-refractivity contribution in [1.29, 1.82) is 0 Å². The van der Waals surface area contributed by atoms with Gasteiger partial charge in [0.25, 0.3) is 5.91 Å². The molecule has 26 heavy (non-hydrogen) atoms. The summed E-state index contributed by atoms with van der Waals surface area (Å²) < 4.78 is 0.726. The molecule has 6 nitrogen and oxygen atoms in total. The Kier molecular flexibility index (Phi) is 6.63. The van der Waals surface area contributed by atoms with Crippen LogP contribution in [0.15, 0.2) is 53.6 Å². The number of azide groups is 1. The third kappa shape index (κ3) is 4.17. The van der Waals surface area contributed by atoms with Gasteiger partial charge in [0.05, 0.1) is 17.6 Å². The minimum atomic E-state index is -1.15. The smallest absolute Gasteiger partial charge is 0.262 e. The third-order valence-electron chi connectivity index (χ3n) is 4.02. The Morgan fingerprint density at radius 3 is 2.38 bits per heavy atom. The highest BCUT2D eigenvalue weighted by Crippen LogP contribution is 2.32. The highest BCUT2D eigenvalue weighted by Gasteiger charge is 2.40. The fraction of sp³-hybridized carbons (Fsp3) is 0.222. The lowest BCUT2D eigenvalue weighted by Gasteiger charge is -2.39. The second-order valence-electron chi connectivity index (χ2n) is 5.81. The number of carbonyl (C=O) groups excluding carboxylic acids is 2. The Labute approximate surface area is 169 Å². The van der Waals surface area contributed by atoms with Crippen molar-refractivity contribution in [2.75, 3.05) is 6.54 Å². The molecule has 2 aromatic carbocycles. The molecule has 0 heterocycles. The maximum atomic E-state index is 13.2. The van der Waals surface area contributed by atoms with E-state index in [1.165, 1.54) is 6.92 Å². The lowest BCUT2D eigenvalue weighted by atomic mass is 9.89. The van der Waals surface area contributed by atoms with Crippen molar-refractivity contribution < 1.29 is 9.59 Å². The molecule has 134 valence electrons. The van der Waals surface area contributed by atoms with Gasteiger partial charge in [0.1, 0.15) is 0 Å². The zero-order valence-electron chi connectivity index (χ0n) is 14.2. The molecule has 0 N–H and O–H groups in total. The van der Waals surface area contributed by atoms with E-state index in [9.17, 15) is 9.59 Å². The van der Waals surface area contributed by atoms with Gasteiger partial charge in [-0.25, -0.2) is 0 Å². The first kappa shape index (κ1) is 20.2. The fourth-order valence-electron chi connectivity index (χ4n) is 2.74. The van der Waals surface area contributed by atoms with Crippen LogP contribution in [-0.2, 0) is 10.3 Å². The van der Waals surface area contributed by atoms with Gasteiger partial charge >= 0.3 is 0 Å². The molecule has 0 saturated carbocycles. The molecule has 2 rings (SSSR count). The maximum Gasteiger partial charge on any atom is 0.262 e. The number of benzene rings is 2. The number of rotatable bonds is 5. The van der Waals surface area contributed by atoms with Crippen molar-refractivity contribution in [3.8, 4) is 0 Å². The van der Waals surface area contributed by atoms with Crippen molar-refractivity contribution in [2.24, 2.45) is 5.11 Å². The normalized spacial score (nSPS) is 12.6. The zero-order valence-corrected chi connectivity index (χ0v) is 17.1. The second kappa shape index (κ2) is 8.53. The average molecular weight is 483 g/mol. The van der Waals surface area contributed by atoms with Gasteiger partial charge in [-0.15, -0.1) is 0 Å². The van der Waals surface area contributed by atoms with E-state index in [0.29, 0.717) is 16.1 Å². The van der Waals surface area contributed by atoms with Gasteiger partial charge in [0, 0.05) is 20.4 Å². The van der Waals surface area contributed by atoms with Gasteiger partial charge in [-0.1, -0.05) is 41.0 Å². The van der Waals surface area contributed by atoms with Gasteiger partial charge < -0.3 is 0 Å². The van der Waals surface area contributed by atoms with E-state index in [4.69, 9.17) is 17.1 Å². The summed E-state index contributed by atoms with van der Waals surface area (Å²) in [6.07, 6.45) is 0. The molecular weight excluding hydrogens is 467 g/mol. The fourth-order valence-corrected chi connectivity index (χ4v) is 3.48. The molecule has 0 aromatic heterocycles. The van der Waals surface area contributed by atoms with E-state index in [1.807, 2.05) is 6.07 Å². The Morgan fingerprint density at radius 2 is 1.85 bits per heavy atom. The Hall–Kier alpha value is -2.09. The van der Waals surface area contributed by atoms with Gasteiger partial charge in [0.15, 0.2) is 0 Å². The van der Waals surface area contributed by atoms with Crippen molar-refractivity contribution >= 4 is 46.0 Å². The molecule has 0 unspecified atom stereocenters. The summed E-state index contributed by atoms with van der Waals surface area (Å²) in [5.41, 5.74) is 8.68. The van der Waals surface area contributed by atoms with E-state index in [-0.39, 0.29) is 6.54 Å². The standard InChI is InChI=1S/C18H16ClIN4O2/c1-12(25)24(17(26)15-5-3-4-6-16(15)20)18(2,11-22-23-21)13-7-9-14(19)10-8-13/h3-10H,11H2,1-2H3/t18-/m0/s1. The number of halogens is 2. The van der Waals surface area contributed by atoms with Crippen LogP contribution in [0.2, 0.25) is 5.02 Å². The van der Waals surface area contributed by atoms with Crippen LogP contribution in [0.5, 0.6) is 0 Å². The first-order chi connectivity index (χ1) is 12.3. The lowest BCUT2D eigenvalue weighted by molar-refractivity contribution is -0.131. The van der Waals surface area contributed by atoms with Crippen molar-refractivity contribution in [3.63, 3.8) is 0 Å². The summed E-state index contributed by atoms with van der Waals surface area (Å²) in [6, 6.07) is 13.8. The van der Waals surface area contributed by atoms with Crippen LogP contribution in [0.25, 0.3) is 10.4 Å². The first-order valence-electron chi connectivity index (χ1n) is 7.68. The summed E-state index contributed by atoms with van der Waals surface area (Å²) in [6.45, 7) is 2.91. The van der Waals surface area contributed by atoms with E-state index in [2.05, 4.69) is 32.6 Å². The van der Waals surface area contributed by atoms with Gasteiger partial charge in [-0.3, -0.25) is 14.5 Å². The minimum absolute atomic E-state index is 0.0974. The van der Waals surface area contributed by atoms with E-state index in [1.54, 1.807) is 49.4 Å². The predicted molar refractivity (Wildman–Crippen MR) is 109 cm³/mol. The van der Waals surface area contributed by atoms with Crippen molar-refractivity contribution in [1.82, 2.24) is 4.90 Å². The number of imide groups is 1. The third-order valence-corrected chi connectivity index (χ3v) is 5.22. The first-order valence-corrected chi connectivity index (χ1v) is 9.13. The van der Waals surface area contributed by atoms with Crippen LogP contribution in [-0.4, -0.2) is 23.3 Å². The number of nitrogens with zero attached hydrogens (tertiary/aromatic N) is 4. The van der Waals surface area contributed by atoms with Gasteiger partial charge in [0.2, 0.25) is 5.91 Å². The summed E-state index contributed by atoms with van der Waals surface area (Å²) >= 11 is 8.01. The van der Waals surface area contributed by atoms with Crippen LogP contribution in [0, 0.1) is 3.57 Å². The van der Waals surface area contributed by atoms with Crippen molar-refractivity contribution in [2.45, 2.75) is 19.4 Å². The van der Waals surface area contributed by atoms with Gasteiger partial charge in [-0.05, 0) is 64.9 Å². The number of carbonyl (C=O) groups is 2. The monoisotopic (exact) mass is 482 g/mol. The molecule has 0 saturated heterocycles. The highest BCUT2D eigenvalue weighted by molar-refractivity contribution is 14.1. The minimum Gasteiger partial charge on any atom is -0.275 e. The molecule has 2 aromatic rings. The highest BCUT2D eigenvalue weighted by atomic mass is 127. The van der Waals surface area contributed by atoms with Crippen LogP contribution < -0.4 is 0 Å². The molecule has 2 amide bonds. The molecule has 8 heteroatoms. The summed E-state index contributed by atoms with van der Waals surface area (Å²) in [4.78, 5) is 29.6. The zero-order chi connectivity index (χ0) is 19.3.